The average molecular weight is 198 g/mol. The van der Waals surface area contributed by atoms with E-state index in [1.807, 2.05) is 13.0 Å². The van der Waals surface area contributed by atoms with Crippen molar-refractivity contribution < 1.29 is 4.79 Å². The molecule has 0 bridgehead atoms. The van der Waals surface area contributed by atoms with E-state index in [-0.39, 0.29) is 5.78 Å². The van der Waals surface area contributed by atoms with Gasteiger partial charge in [0, 0.05) is 35.9 Å². The number of aromatic nitrogens is 2. The average Bonchev–Trinajstić information content (AvgIpc) is 2.30. The van der Waals surface area contributed by atoms with Crippen molar-refractivity contribution in [2.24, 2.45) is 0 Å². The highest BCUT2D eigenvalue weighted by Crippen LogP contribution is 2.11. The Labute approximate surface area is 87.8 Å². The van der Waals surface area contributed by atoms with Crippen molar-refractivity contribution in [1.29, 1.82) is 0 Å². The number of carbonyl (C=O) groups excluding carboxylic acids is 1. The molecule has 0 unspecified atom stereocenters. The third-order valence-corrected chi connectivity index (χ3v) is 2.23. The number of aryl methyl sites for hydroxylation is 1. The zero-order chi connectivity index (χ0) is 10.7. The van der Waals surface area contributed by atoms with Crippen LogP contribution in [0.1, 0.15) is 21.5 Å². The number of hydrogen-bond donors (Lipinski definition) is 0. The highest BCUT2D eigenvalue weighted by molar-refractivity contribution is 6.09. The summed E-state index contributed by atoms with van der Waals surface area (Å²) in [6.45, 7) is 1.90. The summed E-state index contributed by atoms with van der Waals surface area (Å²) in [5.41, 5.74) is 2.22. The molecule has 0 spiro atoms. The number of rotatable bonds is 2. The van der Waals surface area contributed by atoms with Gasteiger partial charge in [0.1, 0.15) is 0 Å². The third kappa shape index (κ3) is 1.91. The lowest BCUT2D eigenvalue weighted by atomic mass is 10.0. The van der Waals surface area contributed by atoms with E-state index in [1.54, 1.807) is 36.9 Å². The molecule has 0 fully saturated rings. The van der Waals surface area contributed by atoms with Crippen LogP contribution in [0.25, 0.3) is 0 Å². The van der Waals surface area contributed by atoms with Gasteiger partial charge in [0.15, 0.2) is 5.78 Å². The summed E-state index contributed by atoms with van der Waals surface area (Å²) in [7, 11) is 0. The molecular weight excluding hydrogens is 188 g/mol. The highest BCUT2D eigenvalue weighted by atomic mass is 16.1. The maximum atomic E-state index is 12.0. The first-order valence-electron chi connectivity index (χ1n) is 4.64. The Hall–Kier alpha value is -2.03. The molecule has 2 aromatic heterocycles. The topological polar surface area (TPSA) is 42.9 Å². The van der Waals surface area contributed by atoms with Gasteiger partial charge in [0.05, 0.1) is 0 Å². The first kappa shape index (κ1) is 9.52. The Balaban J connectivity index is 2.42. The van der Waals surface area contributed by atoms with Crippen LogP contribution in [0.2, 0.25) is 0 Å². The van der Waals surface area contributed by atoms with Crippen LogP contribution in [0.3, 0.4) is 0 Å². The Morgan fingerprint density at radius 3 is 2.40 bits per heavy atom. The van der Waals surface area contributed by atoms with Gasteiger partial charge in [-0.05, 0) is 30.7 Å². The van der Waals surface area contributed by atoms with E-state index < -0.39 is 0 Å². The van der Waals surface area contributed by atoms with Gasteiger partial charge < -0.3 is 0 Å². The van der Waals surface area contributed by atoms with Crippen molar-refractivity contribution in [2.75, 3.05) is 0 Å². The van der Waals surface area contributed by atoms with Crippen molar-refractivity contribution in [2.45, 2.75) is 6.92 Å². The van der Waals surface area contributed by atoms with E-state index in [2.05, 4.69) is 9.97 Å². The summed E-state index contributed by atoms with van der Waals surface area (Å²) in [5.74, 6) is -0.0111. The SMILES string of the molecule is Cc1ccncc1C(=O)c1ccncc1. The highest BCUT2D eigenvalue weighted by Gasteiger charge is 2.10. The minimum atomic E-state index is -0.0111. The molecule has 2 rings (SSSR count). The van der Waals surface area contributed by atoms with Gasteiger partial charge in [0.2, 0.25) is 0 Å². The summed E-state index contributed by atoms with van der Waals surface area (Å²) >= 11 is 0. The summed E-state index contributed by atoms with van der Waals surface area (Å²) in [5, 5.41) is 0. The molecule has 2 aromatic rings. The molecule has 0 N–H and O–H groups in total. The minimum Gasteiger partial charge on any atom is -0.289 e. The maximum Gasteiger partial charge on any atom is 0.194 e. The van der Waals surface area contributed by atoms with Gasteiger partial charge in [-0.1, -0.05) is 0 Å². The van der Waals surface area contributed by atoms with Gasteiger partial charge in [-0.2, -0.15) is 0 Å². The molecule has 0 aromatic carbocycles. The largest absolute Gasteiger partial charge is 0.289 e. The van der Waals surface area contributed by atoms with Crippen molar-refractivity contribution in [1.82, 2.24) is 9.97 Å². The van der Waals surface area contributed by atoms with Gasteiger partial charge >= 0.3 is 0 Å². The molecule has 2 heterocycles. The lowest BCUT2D eigenvalue weighted by molar-refractivity contribution is 0.103. The second-order valence-electron chi connectivity index (χ2n) is 3.26. The molecule has 0 radical (unpaired) electrons. The summed E-state index contributed by atoms with van der Waals surface area (Å²) in [4.78, 5) is 19.8. The van der Waals surface area contributed by atoms with E-state index in [4.69, 9.17) is 0 Å². The van der Waals surface area contributed by atoms with Crippen LogP contribution in [0.4, 0.5) is 0 Å². The zero-order valence-corrected chi connectivity index (χ0v) is 8.34. The molecule has 0 amide bonds. The molecule has 3 nitrogen and oxygen atoms in total. The van der Waals surface area contributed by atoms with E-state index in [0.717, 1.165) is 5.56 Å². The molecular formula is C12H10N2O. The quantitative estimate of drug-likeness (QED) is 0.693. The minimum absolute atomic E-state index is 0.0111. The van der Waals surface area contributed by atoms with Crippen molar-refractivity contribution in [3.8, 4) is 0 Å². The molecule has 0 aliphatic carbocycles. The first-order valence-corrected chi connectivity index (χ1v) is 4.64. The van der Waals surface area contributed by atoms with Crippen molar-refractivity contribution in [3.05, 3.63) is 59.7 Å². The normalized spacial score (nSPS) is 9.93. The molecule has 3 heteroatoms. The van der Waals surface area contributed by atoms with Crippen LogP contribution in [-0.4, -0.2) is 15.8 Å². The molecule has 15 heavy (non-hydrogen) atoms. The smallest absolute Gasteiger partial charge is 0.194 e. The van der Waals surface area contributed by atoms with Crippen LogP contribution < -0.4 is 0 Å². The summed E-state index contributed by atoms with van der Waals surface area (Å²) in [6, 6.07) is 5.23. The Morgan fingerprint density at radius 2 is 1.73 bits per heavy atom. The monoisotopic (exact) mass is 198 g/mol. The Morgan fingerprint density at radius 1 is 1.07 bits per heavy atom. The molecule has 0 atom stereocenters. The fourth-order valence-corrected chi connectivity index (χ4v) is 1.36. The number of nitrogens with zero attached hydrogens (tertiary/aromatic N) is 2. The number of hydrogen-bond acceptors (Lipinski definition) is 3. The molecule has 0 saturated carbocycles. The first-order chi connectivity index (χ1) is 7.29. The van der Waals surface area contributed by atoms with Crippen molar-refractivity contribution in [3.63, 3.8) is 0 Å². The standard InChI is InChI=1S/C12H10N2O/c1-9-2-5-14-8-11(9)12(15)10-3-6-13-7-4-10/h2-8H,1H3. The van der Waals surface area contributed by atoms with Crippen LogP contribution in [0, 0.1) is 6.92 Å². The third-order valence-electron chi connectivity index (χ3n) is 2.23. The Kier molecular flexibility index (Phi) is 2.54. The van der Waals surface area contributed by atoms with Gasteiger partial charge in [-0.3, -0.25) is 14.8 Å². The fraction of sp³-hybridized carbons (Fsp3) is 0.0833. The van der Waals surface area contributed by atoms with Gasteiger partial charge in [-0.25, -0.2) is 0 Å². The number of pyridine rings is 2. The lowest BCUT2D eigenvalue weighted by Crippen LogP contribution is -2.04. The van der Waals surface area contributed by atoms with E-state index in [9.17, 15) is 4.79 Å². The fourth-order valence-electron chi connectivity index (χ4n) is 1.36. The van der Waals surface area contributed by atoms with Crippen LogP contribution in [0.5, 0.6) is 0 Å². The molecule has 0 aliphatic heterocycles. The molecule has 74 valence electrons. The zero-order valence-electron chi connectivity index (χ0n) is 8.34. The predicted molar refractivity (Wildman–Crippen MR) is 56.6 cm³/mol. The predicted octanol–water partition coefficient (Wildman–Crippen LogP) is 2.02. The van der Waals surface area contributed by atoms with E-state index in [0.29, 0.717) is 11.1 Å². The van der Waals surface area contributed by atoms with Gasteiger partial charge in [-0.15, -0.1) is 0 Å². The lowest BCUT2D eigenvalue weighted by Gasteiger charge is -2.02. The van der Waals surface area contributed by atoms with Crippen LogP contribution >= 0.6 is 0 Å². The number of carbonyl (C=O) groups is 1. The van der Waals surface area contributed by atoms with Crippen LogP contribution in [0.15, 0.2) is 43.0 Å². The summed E-state index contributed by atoms with van der Waals surface area (Å²) in [6.07, 6.45) is 6.49. The second-order valence-corrected chi connectivity index (χ2v) is 3.26. The summed E-state index contributed by atoms with van der Waals surface area (Å²) < 4.78 is 0. The van der Waals surface area contributed by atoms with E-state index >= 15 is 0 Å². The second kappa shape index (κ2) is 4.00. The van der Waals surface area contributed by atoms with E-state index in [1.165, 1.54) is 0 Å². The van der Waals surface area contributed by atoms with Crippen molar-refractivity contribution >= 4 is 5.78 Å². The maximum absolute atomic E-state index is 12.0. The molecule has 0 aliphatic rings. The Bertz CT molecular complexity index is 480. The number of ketones is 1. The van der Waals surface area contributed by atoms with Crippen LogP contribution in [-0.2, 0) is 0 Å². The van der Waals surface area contributed by atoms with Gasteiger partial charge in [0.25, 0.3) is 0 Å². The molecule has 0 saturated heterocycles.